The molecule has 1 nitrogen and oxygen atoms in total. The Morgan fingerprint density at radius 1 is 1.20 bits per heavy atom. The molecule has 0 heterocycles. The van der Waals surface area contributed by atoms with Crippen LogP contribution in [0.1, 0.15) is 5.56 Å². The average Bonchev–Trinajstić information content (AvgIpc) is 2.29. The molecule has 76 valence electrons. The molecule has 0 saturated heterocycles. The number of hydrogen-bond acceptors (Lipinski definition) is 1. The lowest BCUT2D eigenvalue weighted by molar-refractivity contribution is 0.615. The van der Waals surface area contributed by atoms with Crippen molar-refractivity contribution in [2.75, 3.05) is 0 Å². The highest BCUT2D eigenvalue weighted by Crippen LogP contribution is 2.13. The lowest BCUT2D eigenvalue weighted by Gasteiger charge is -2.08. The molecule has 0 aliphatic rings. The molecule has 2 heteroatoms. The molecule has 0 bridgehead atoms. The van der Waals surface area contributed by atoms with Gasteiger partial charge in [0.25, 0.3) is 0 Å². The van der Waals surface area contributed by atoms with Gasteiger partial charge in [-0.15, -0.1) is 6.58 Å². The van der Waals surface area contributed by atoms with Crippen molar-refractivity contribution in [3.8, 4) is 0 Å². The first-order valence-electron chi connectivity index (χ1n) is 5.08. The minimum absolute atomic E-state index is 0.841. The standard InChI is InChI=1S/C13H14OSi/c1-2-5-11-9-8-10-6-3-4-7-12(10)13(11)15-14/h2-4,6-9,14H,1,5,15H2. The van der Waals surface area contributed by atoms with E-state index in [4.69, 9.17) is 0 Å². The molecule has 0 aliphatic carbocycles. The molecule has 2 aromatic carbocycles. The van der Waals surface area contributed by atoms with Crippen molar-refractivity contribution in [1.82, 2.24) is 0 Å². The van der Waals surface area contributed by atoms with E-state index in [0.717, 1.165) is 11.6 Å². The monoisotopic (exact) mass is 214 g/mol. The molecule has 15 heavy (non-hydrogen) atoms. The Hall–Kier alpha value is -1.38. The number of rotatable bonds is 3. The number of benzene rings is 2. The van der Waals surface area contributed by atoms with Gasteiger partial charge in [0, 0.05) is 0 Å². The van der Waals surface area contributed by atoms with Gasteiger partial charge in [0.15, 0.2) is 9.76 Å². The summed E-state index contributed by atoms with van der Waals surface area (Å²) < 4.78 is 0. The first kappa shape index (κ1) is 10.1. The third-order valence-corrected chi connectivity index (χ3v) is 3.81. The zero-order valence-electron chi connectivity index (χ0n) is 8.61. The third-order valence-electron chi connectivity index (χ3n) is 2.66. The van der Waals surface area contributed by atoms with Gasteiger partial charge in [-0.05, 0) is 27.9 Å². The summed E-state index contributed by atoms with van der Waals surface area (Å²) in [4.78, 5) is 9.55. The van der Waals surface area contributed by atoms with E-state index >= 15 is 0 Å². The van der Waals surface area contributed by atoms with Gasteiger partial charge in [0.05, 0.1) is 0 Å². The van der Waals surface area contributed by atoms with Gasteiger partial charge >= 0.3 is 0 Å². The maximum atomic E-state index is 9.55. The van der Waals surface area contributed by atoms with Crippen molar-refractivity contribution in [2.24, 2.45) is 0 Å². The minimum Gasteiger partial charge on any atom is -0.433 e. The predicted molar refractivity (Wildman–Crippen MR) is 68.2 cm³/mol. The van der Waals surface area contributed by atoms with E-state index < -0.39 is 9.76 Å². The van der Waals surface area contributed by atoms with Crippen LogP contribution in [0.25, 0.3) is 10.8 Å². The molecule has 0 spiro atoms. The Morgan fingerprint density at radius 2 is 2.00 bits per heavy atom. The highest BCUT2D eigenvalue weighted by atomic mass is 28.2. The van der Waals surface area contributed by atoms with Gasteiger partial charge in [-0.3, -0.25) is 0 Å². The van der Waals surface area contributed by atoms with E-state index in [0.29, 0.717) is 0 Å². The molecule has 2 aromatic rings. The molecule has 0 aromatic heterocycles. The van der Waals surface area contributed by atoms with Crippen LogP contribution < -0.4 is 5.19 Å². The number of hydrogen-bond donors (Lipinski definition) is 1. The largest absolute Gasteiger partial charge is 0.433 e. The fourth-order valence-electron chi connectivity index (χ4n) is 1.91. The van der Waals surface area contributed by atoms with Crippen LogP contribution >= 0.6 is 0 Å². The Balaban J connectivity index is 2.69. The summed E-state index contributed by atoms with van der Waals surface area (Å²) in [5.74, 6) is 0. The molecule has 0 amide bonds. The Bertz CT molecular complexity index is 491. The van der Waals surface area contributed by atoms with Gasteiger partial charge < -0.3 is 4.80 Å². The molecular formula is C13H14OSi. The summed E-state index contributed by atoms with van der Waals surface area (Å²) in [5, 5.41) is 3.57. The highest BCUT2D eigenvalue weighted by molar-refractivity contribution is 6.50. The van der Waals surface area contributed by atoms with Crippen molar-refractivity contribution in [3.63, 3.8) is 0 Å². The summed E-state index contributed by atoms with van der Waals surface area (Å²) in [6.45, 7) is 3.75. The van der Waals surface area contributed by atoms with Crippen LogP contribution in [-0.4, -0.2) is 14.6 Å². The molecule has 2 rings (SSSR count). The minimum atomic E-state index is -1.13. The second-order valence-electron chi connectivity index (χ2n) is 3.58. The summed E-state index contributed by atoms with van der Waals surface area (Å²) >= 11 is 0. The smallest absolute Gasteiger partial charge is 0.188 e. The van der Waals surface area contributed by atoms with E-state index in [-0.39, 0.29) is 0 Å². The molecular weight excluding hydrogens is 200 g/mol. The Labute approximate surface area is 92.0 Å². The fraction of sp³-hybridized carbons (Fsp3) is 0.0769. The molecule has 0 saturated carbocycles. The van der Waals surface area contributed by atoms with E-state index in [9.17, 15) is 4.80 Å². The molecule has 0 aliphatic heterocycles. The first-order chi connectivity index (χ1) is 7.36. The quantitative estimate of drug-likeness (QED) is 0.602. The highest BCUT2D eigenvalue weighted by Gasteiger charge is 2.05. The van der Waals surface area contributed by atoms with Crippen LogP contribution in [0.15, 0.2) is 49.1 Å². The lowest BCUT2D eigenvalue weighted by Crippen LogP contribution is -2.19. The van der Waals surface area contributed by atoms with Crippen molar-refractivity contribution < 1.29 is 4.80 Å². The Kier molecular flexibility index (Phi) is 2.99. The van der Waals surface area contributed by atoms with Gasteiger partial charge in [0.1, 0.15) is 0 Å². The van der Waals surface area contributed by atoms with Gasteiger partial charge in [-0.1, -0.05) is 42.5 Å². The van der Waals surface area contributed by atoms with Crippen molar-refractivity contribution in [2.45, 2.75) is 6.42 Å². The van der Waals surface area contributed by atoms with Crippen LogP contribution in [-0.2, 0) is 6.42 Å². The van der Waals surface area contributed by atoms with Gasteiger partial charge in [-0.2, -0.15) is 0 Å². The molecule has 0 atom stereocenters. The number of allylic oxidation sites excluding steroid dienone is 1. The van der Waals surface area contributed by atoms with Crippen LogP contribution in [0.5, 0.6) is 0 Å². The van der Waals surface area contributed by atoms with Crippen LogP contribution in [0.2, 0.25) is 0 Å². The maximum absolute atomic E-state index is 9.55. The van der Waals surface area contributed by atoms with Crippen LogP contribution in [0.3, 0.4) is 0 Å². The predicted octanol–water partition coefficient (Wildman–Crippen LogP) is 1.27. The summed E-state index contributed by atoms with van der Waals surface area (Å²) in [7, 11) is -1.13. The SMILES string of the molecule is C=CCc1ccc2ccccc2c1[SiH2]O. The van der Waals surface area contributed by atoms with E-state index in [2.05, 4.69) is 30.8 Å². The molecule has 0 unspecified atom stereocenters. The van der Waals surface area contributed by atoms with Gasteiger partial charge in [-0.25, -0.2) is 0 Å². The van der Waals surface area contributed by atoms with Crippen molar-refractivity contribution >= 4 is 25.7 Å². The normalized spacial score (nSPS) is 11.3. The third kappa shape index (κ3) is 1.86. The topological polar surface area (TPSA) is 20.2 Å². The van der Waals surface area contributed by atoms with Crippen LogP contribution in [0.4, 0.5) is 0 Å². The zero-order valence-corrected chi connectivity index (χ0v) is 10.0. The van der Waals surface area contributed by atoms with E-state index in [1.54, 1.807) is 0 Å². The summed E-state index contributed by atoms with van der Waals surface area (Å²) in [6.07, 6.45) is 2.73. The van der Waals surface area contributed by atoms with Crippen molar-refractivity contribution in [1.29, 1.82) is 0 Å². The van der Waals surface area contributed by atoms with E-state index in [1.165, 1.54) is 16.3 Å². The second-order valence-corrected chi connectivity index (χ2v) is 4.60. The number of fused-ring (bicyclic) bond motifs is 1. The molecule has 0 fully saturated rings. The lowest BCUT2D eigenvalue weighted by atomic mass is 10.0. The summed E-state index contributed by atoms with van der Waals surface area (Å²) in [6, 6.07) is 12.4. The van der Waals surface area contributed by atoms with Gasteiger partial charge in [0.2, 0.25) is 0 Å². The maximum Gasteiger partial charge on any atom is 0.188 e. The van der Waals surface area contributed by atoms with Crippen molar-refractivity contribution in [3.05, 3.63) is 54.6 Å². The second kappa shape index (κ2) is 4.42. The van der Waals surface area contributed by atoms with Crippen LogP contribution in [0, 0.1) is 0 Å². The van der Waals surface area contributed by atoms with E-state index in [1.807, 2.05) is 18.2 Å². The average molecular weight is 214 g/mol. The molecule has 0 radical (unpaired) electrons. The molecule has 1 N–H and O–H groups in total. The first-order valence-corrected chi connectivity index (χ1v) is 6.42. The zero-order chi connectivity index (χ0) is 10.7. The summed E-state index contributed by atoms with van der Waals surface area (Å²) in [5.41, 5.74) is 1.22. The Morgan fingerprint density at radius 3 is 2.73 bits per heavy atom. The fourth-order valence-corrected chi connectivity index (χ4v) is 2.87.